The Kier molecular flexibility index (Phi) is 5.87. The van der Waals surface area contributed by atoms with E-state index in [0.29, 0.717) is 36.0 Å². The van der Waals surface area contributed by atoms with Gasteiger partial charge in [0.2, 0.25) is 5.91 Å². The van der Waals surface area contributed by atoms with Crippen LogP contribution in [-0.2, 0) is 16.1 Å². The molecule has 4 unspecified atom stereocenters. The van der Waals surface area contributed by atoms with E-state index in [-0.39, 0.29) is 23.1 Å². The van der Waals surface area contributed by atoms with Gasteiger partial charge in [-0.15, -0.1) is 0 Å². The van der Waals surface area contributed by atoms with Crippen molar-refractivity contribution in [3.63, 3.8) is 0 Å². The Hall–Kier alpha value is -2.21. The first-order valence-corrected chi connectivity index (χ1v) is 14.0. The van der Waals surface area contributed by atoms with E-state index in [1.165, 1.54) is 18.4 Å². The second-order valence-electron chi connectivity index (χ2n) is 13.6. The van der Waals surface area contributed by atoms with Crippen LogP contribution in [0.5, 0.6) is 0 Å². The van der Waals surface area contributed by atoms with E-state index >= 15 is 0 Å². The fraction of sp³-hybridized carbons (Fsp3) is 0.594. The summed E-state index contributed by atoms with van der Waals surface area (Å²) in [6.45, 7) is 12.3. The minimum atomic E-state index is -0.172. The maximum atomic E-state index is 12.8. The highest BCUT2D eigenvalue weighted by atomic mass is 16.5. The first-order valence-electron chi connectivity index (χ1n) is 14.0. The zero-order valence-electron chi connectivity index (χ0n) is 22.8. The molecule has 7 rings (SSSR count). The molecule has 3 aliphatic heterocycles. The van der Waals surface area contributed by atoms with Crippen LogP contribution in [0, 0.1) is 21.7 Å². The van der Waals surface area contributed by atoms with E-state index in [2.05, 4.69) is 62.9 Å². The Morgan fingerprint density at radius 3 is 2.11 bits per heavy atom. The number of likely N-dealkylation sites (tertiary alicyclic amines) is 1. The molecule has 0 radical (unpaired) electrons. The number of nitrogens with zero attached hydrogens (tertiary/aromatic N) is 2. The fourth-order valence-corrected chi connectivity index (χ4v) is 7.78. The predicted molar refractivity (Wildman–Crippen MR) is 144 cm³/mol. The molecule has 3 heterocycles. The smallest absolute Gasteiger partial charge is 0.232 e. The van der Waals surface area contributed by atoms with Crippen LogP contribution in [0.25, 0.3) is 0 Å². The number of rotatable bonds is 4. The largest absolute Gasteiger partial charge is 0.395 e. The van der Waals surface area contributed by atoms with Gasteiger partial charge in [0.25, 0.3) is 0 Å². The van der Waals surface area contributed by atoms with E-state index in [0.717, 1.165) is 31.5 Å². The second-order valence-corrected chi connectivity index (χ2v) is 13.6. The number of hydrogen-bond donors (Lipinski definition) is 1. The molecular formula is C32H42N2O3. The molecule has 2 spiro atoms. The van der Waals surface area contributed by atoms with Crippen molar-refractivity contribution < 1.29 is 14.6 Å². The molecular weight excluding hydrogens is 460 g/mol. The summed E-state index contributed by atoms with van der Waals surface area (Å²) in [4.78, 5) is 17.3. The molecule has 5 atom stereocenters. The molecule has 37 heavy (non-hydrogen) atoms. The lowest BCUT2D eigenvalue weighted by Gasteiger charge is -2.23. The van der Waals surface area contributed by atoms with Gasteiger partial charge in [-0.05, 0) is 47.5 Å². The van der Waals surface area contributed by atoms with Crippen LogP contribution in [0.3, 0.4) is 0 Å². The van der Waals surface area contributed by atoms with Crippen LogP contribution in [0.2, 0.25) is 0 Å². The summed E-state index contributed by atoms with van der Waals surface area (Å²) < 4.78 is 5.87. The van der Waals surface area contributed by atoms with Gasteiger partial charge in [0.1, 0.15) is 0 Å². The summed E-state index contributed by atoms with van der Waals surface area (Å²) in [7, 11) is 0. The van der Waals surface area contributed by atoms with E-state index in [4.69, 9.17) is 4.74 Å². The molecule has 1 amide bonds. The number of hydrogen-bond acceptors (Lipinski definition) is 4. The molecule has 2 saturated carbocycles. The van der Waals surface area contributed by atoms with E-state index in [1.807, 2.05) is 35.2 Å². The molecule has 2 aromatic carbocycles. The topological polar surface area (TPSA) is 53.0 Å². The molecule has 5 nitrogen and oxygen atoms in total. The monoisotopic (exact) mass is 502 g/mol. The predicted octanol–water partition coefficient (Wildman–Crippen LogP) is 5.40. The summed E-state index contributed by atoms with van der Waals surface area (Å²) in [6, 6.07) is 21.3. The third kappa shape index (κ3) is 4.05. The van der Waals surface area contributed by atoms with Gasteiger partial charge >= 0.3 is 0 Å². The minimum Gasteiger partial charge on any atom is -0.395 e. The van der Waals surface area contributed by atoms with Crippen molar-refractivity contribution in [2.24, 2.45) is 21.7 Å². The van der Waals surface area contributed by atoms with Crippen molar-refractivity contribution in [3.8, 4) is 0 Å². The number of carbonyl (C=O) groups excluding carboxylic acids is 1. The van der Waals surface area contributed by atoms with E-state index < -0.39 is 0 Å². The number of benzene rings is 2. The quantitative estimate of drug-likeness (QED) is 0.608. The maximum absolute atomic E-state index is 12.8. The van der Waals surface area contributed by atoms with Crippen LogP contribution in [0.1, 0.15) is 70.7 Å². The molecule has 2 aromatic rings. The maximum Gasteiger partial charge on any atom is 0.232 e. The summed E-state index contributed by atoms with van der Waals surface area (Å²) in [5, 5.41) is 9.60. The van der Waals surface area contributed by atoms with Gasteiger partial charge < -0.3 is 14.7 Å². The Balaban J connectivity index is 0.000000136. The van der Waals surface area contributed by atoms with Gasteiger partial charge in [-0.3, -0.25) is 9.69 Å². The number of aliphatic hydroxyl groups is 1. The second kappa shape index (κ2) is 8.65. The Morgan fingerprint density at radius 1 is 0.919 bits per heavy atom. The molecule has 5 aliphatic rings. The lowest BCUT2D eigenvalue weighted by atomic mass is 9.92. The minimum absolute atomic E-state index is 0.0888. The van der Waals surface area contributed by atoms with Crippen LogP contribution in [0.15, 0.2) is 60.7 Å². The molecule has 5 fully saturated rings. The van der Waals surface area contributed by atoms with E-state index in [1.54, 1.807) is 0 Å². The van der Waals surface area contributed by atoms with Crippen LogP contribution >= 0.6 is 0 Å². The first-order chi connectivity index (χ1) is 17.6. The fourth-order valence-electron chi connectivity index (χ4n) is 7.78. The zero-order chi connectivity index (χ0) is 26.1. The molecule has 3 saturated heterocycles. The number of fused-ring (bicyclic) bond motifs is 1. The van der Waals surface area contributed by atoms with Crippen molar-refractivity contribution in [3.05, 3.63) is 71.8 Å². The third-order valence-corrected chi connectivity index (χ3v) is 10.5. The lowest BCUT2D eigenvalue weighted by Crippen LogP contribution is -2.33. The molecule has 198 valence electrons. The van der Waals surface area contributed by atoms with E-state index in [9.17, 15) is 9.90 Å². The van der Waals surface area contributed by atoms with Gasteiger partial charge in [0, 0.05) is 24.7 Å². The lowest BCUT2D eigenvalue weighted by molar-refractivity contribution is -0.139. The average molecular weight is 503 g/mol. The number of carbonyl (C=O) groups is 1. The van der Waals surface area contributed by atoms with Crippen LogP contribution in [-0.4, -0.2) is 52.7 Å². The Labute approximate surface area is 221 Å². The molecule has 5 heteroatoms. The summed E-state index contributed by atoms with van der Waals surface area (Å²) >= 11 is 0. The third-order valence-electron chi connectivity index (χ3n) is 10.5. The normalized spacial score (nSPS) is 36.5. The molecule has 1 N–H and O–H groups in total. The van der Waals surface area contributed by atoms with Gasteiger partial charge in [0.15, 0.2) is 6.23 Å². The first kappa shape index (κ1) is 25.1. The van der Waals surface area contributed by atoms with Crippen molar-refractivity contribution in [1.82, 2.24) is 9.80 Å². The van der Waals surface area contributed by atoms with Crippen LogP contribution < -0.4 is 0 Å². The average Bonchev–Trinajstić information content (AvgIpc) is 3.32. The van der Waals surface area contributed by atoms with Crippen molar-refractivity contribution in [2.45, 2.75) is 78.2 Å². The zero-order valence-corrected chi connectivity index (χ0v) is 22.8. The van der Waals surface area contributed by atoms with Gasteiger partial charge in [0.05, 0.1) is 24.7 Å². The van der Waals surface area contributed by atoms with Crippen molar-refractivity contribution in [1.29, 1.82) is 0 Å². The van der Waals surface area contributed by atoms with Gasteiger partial charge in [-0.2, -0.15) is 0 Å². The number of aliphatic hydroxyl groups excluding tert-OH is 1. The molecule has 2 aliphatic carbocycles. The standard InChI is InChI=1S/C16H19NO2.C16H23NO/c1-15(2)10-16(15)8-12-9-19-13(17(12)14(16)18)11-6-4-3-5-7-11;1-15(2)11-16(15)8-14(10-18)17(12-16)9-13-6-4-3-5-7-13/h3-7,12-13H,8-10H2,1-2H3;3-7,14,18H,8-12H2,1-2H3/t12?,13-,16?;/m1./s1. The SMILES string of the molecule is CC1(C)CC12CC(CO)N(Cc1ccccc1)C2.CC1(C)CC12CC1CO[C@H](c3ccccc3)N1C2=O. The summed E-state index contributed by atoms with van der Waals surface area (Å²) in [5.74, 6) is 0.314. The van der Waals surface area contributed by atoms with Gasteiger partial charge in [-0.1, -0.05) is 88.4 Å². The summed E-state index contributed by atoms with van der Waals surface area (Å²) in [6.07, 6.45) is 4.33. The molecule has 0 aromatic heterocycles. The highest BCUT2D eigenvalue weighted by molar-refractivity contribution is 5.90. The van der Waals surface area contributed by atoms with Crippen LogP contribution in [0.4, 0.5) is 0 Å². The van der Waals surface area contributed by atoms with Gasteiger partial charge in [-0.25, -0.2) is 0 Å². The Bertz CT molecular complexity index is 1150. The highest BCUT2D eigenvalue weighted by Gasteiger charge is 2.73. The Morgan fingerprint density at radius 2 is 1.54 bits per heavy atom. The van der Waals surface area contributed by atoms with Crippen molar-refractivity contribution >= 4 is 5.91 Å². The molecule has 0 bridgehead atoms. The summed E-state index contributed by atoms with van der Waals surface area (Å²) in [5.41, 5.74) is 3.49. The number of amides is 1. The van der Waals surface area contributed by atoms with Crippen molar-refractivity contribution in [2.75, 3.05) is 19.8 Å². The highest BCUT2D eigenvalue weighted by Crippen LogP contribution is 2.71. The number of ether oxygens (including phenoxy) is 1.